The molecular formula is C22H25N3O3. The molecule has 0 spiro atoms. The highest BCUT2D eigenvalue weighted by Gasteiger charge is 2.21. The highest BCUT2D eigenvalue weighted by atomic mass is 16.5. The number of carbonyl (C=O) groups is 2. The first-order valence-corrected chi connectivity index (χ1v) is 9.46. The summed E-state index contributed by atoms with van der Waals surface area (Å²) >= 11 is 0. The maximum absolute atomic E-state index is 12.3. The third kappa shape index (κ3) is 4.76. The van der Waals surface area contributed by atoms with Gasteiger partial charge in [-0.2, -0.15) is 5.10 Å². The molecule has 1 saturated heterocycles. The maximum Gasteiger partial charge on any atom is 0.271 e. The summed E-state index contributed by atoms with van der Waals surface area (Å²) in [6.45, 7) is 6.47. The summed E-state index contributed by atoms with van der Waals surface area (Å²) in [7, 11) is 0. The van der Waals surface area contributed by atoms with Gasteiger partial charge < -0.3 is 9.64 Å². The number of rotatable bonds is 6. The van der Waals surface area contributed by atoms with Gasteiger partial charge in [-0.25, -0.2) is 5.43 Å². The number of nitrogens with one attached hydrogen (secondary N) is 1. The van der Waals surface area contributed by atoms with Crippen molar-refractivity contribution in [1.29, 1.82) is 0 Å². The number of carbonyl (C=O) groups excluding carboxylic acids is 2. The van der Waals surface area contributed by atoms with Gasteiger partial charge in [0.25, 0.3) is 5.91 Å². The molecule has 1 aliphatic rings. The van der Waals surface area contributed by atoms with E-state index in [4.69, 9.17) is 4.74 Å². The molecule has 0 saturated carbocycles. The van der Waals surface area contributed by atoms with Crippen molar-refractivity contribution >= 4 is 23.2 Å². The van der Waals surface area contributed by atoms with E-state index >= 15 is 0 Å². The van der Waals surface area contributed by atoms with Crippen molar-refractivity contribution in [2.45, 2.75) is 39.7 Å². The second kappa shape index (κ2) is 8.69. The average molecular weight is 379 g/mol. The summed E-state index contributed by atoms with van der Waals surface area (Å²) in [5, 5.41) is 4.21. The van der Waals surface area contributed by atoms with Crippen molar-refractivity contribution in [3.63, 3.8) is 0 Å². The van der Waals surface area contributed by atoms with Crippen LogP contribution in [0.4, 0.5) is 5.69 Å². The predicted molar refractivity (Wildman–Crippen MR) is 110 cm³/mol. The molecule has 0 aliphatic carbocycles. The molecule has 3 rings (SSSR count). The van der Waals surface area contributed by atoms with Gasteiger partial charge in [0.1, 0.15) is 5.75 Å². The van der Waals surface area contributed by atoms with E-state index in [9.17, 15) is 9.59 Å². The zero-order valence-corrected chi connectivity index (χ0v) is 16.4. The number of nitrogens with zero attached hydrogens (tertiary/aromatic N) is 2. The van der Waals surface area contributed by atoms with Crippen LogP contribution in [0.25, 0.3) is 0 Å². The van der Waals surface area contributed by atoms with E-state index in [1.807, 2.05) is 45.0 Å². The minimum atomic E-state index is -0.290. The van der Waals surface area contributed by atoms with Crippen LogP contribution >= 0.6 is 0 Å². The lowest BCUT2D eigenvalue weighted by Crippen LogP contribution is -2.24. The molecule has 1 heterocycles. The summed E-state index contributed by atoms with van der Waals surface area (Å²) in [6.07, 6.45) is 1.56. The number of hydrazone groups is 1. The van der Waals surface area contributed by atoms with Crippen LogP contribution in [0.15, 0.2) is 53.6 Å². The molecule has 0 aromatic heterocycles. The number of benzene rings is 2. The maximum atomic E-state index is 12.3. The molecule has 0 radical (unpaired) electrons. The van der Waals surface area contributed by atoms with E-state index in [-0.39, 0.29) is 17.9 Å². The Bertz CT molecular complexity index is 888. The van der Waals surface area contributed by atoms with Gasteiger partial charge in [-0.1, -0.05) is 12.1 Å². The summed E-state index contributed by atoms with van der Waals surface area (Å²) in [4.78, 5) is 26.0. The normalized spacial score (nSPS) is 14.5. The van der Waals surface area contributed by atoms with E-state index in [0.29, 0.717) is 17.7 Å². The van der Waals surface area contributed by atoms with Gasteiger partial charge in [-0.15, -0.1) is 0 Å². The van der Waals surface area contributed by atoms with Crippen LogP contribution < -0.4 is 15.1 Å². The first-order valence-electron chi connectivity index (χ1n) is 9.46. The molecule has 1 N–H and O–H groups in total. The first-order chi connectivity index (χ1) is 13.4. The topological polar surface area (TPSA) is 71.0 Å². The molecule has 6 nitrogen and oxygen atoms in total. The van der Waals surface area contributed by atoms with Gasteiger partial charge >= 0.3 is 0 Å². The van der Waals surface area contributed by atoms with E-state index in [1.165, 1.54) is 0 Å². The predicted octanol–water partition coefficient (Wildman–Crippen LogP) is 3.75. The average Bonchev–Trinajstić information content (AvgIpc) is 3.12. The Morgan fingerprint density at radius 1 is 1.14 bits per heavy atom. The minimum Gasteiger partial charge on any atom is -0.491 e. The van der Waals surface area contributed by atoms with Crippen molar-refractivity contribution in [2.24, 2.45) is 5.10 Å². The molecule has 0 unspecified atom stereocenters. The van der Waals surface area contributed by atoms with Crippen LogP contribution in [0.1, 0.15) is 49.5 Å². The minimum absolute atomic E-state index is 0.0820. The van der Waals surface area contributed by atoms with Crippen molar-refractivity contribution in [3.05, 3.63) is 59.7 Å². The molecule has 2 amide bonds. The molecule has 146 valence electrons. The van der Waals surface area contributed by atoms with Crippen molar-refractivity contribution in [3.8, 4) is 5.75 Å². The lowest BCUT2D eigenvalue weighted by Gasteiger charge is -2.16. The Balaban J connectivity index is 1.67. The van der Waals surface area contributed by atoms with E-state index in [0.717, 1.165) is 30.0 Å². The molecule has 2 aromatic carbocycles. The van der Waals surface area contributed by atoms with Crippen LogP contribution in [0.5, 0.6) is 5.75 Å². The number of hydrogen-bond acceptors (Lipinski definition) is 4. The Morgan fingerprint density at radius 3 is 2.54 bits per heavy atom. The molecule has 2 aromatic rings. The van der Waals surface area contributed by atoms with Crippen LogP contribution in [-0.4, -0.2) is 30.2 Å². The Morgan fingerprint density at radius 2 is 1.89 bits per heavy atom. The standard InChI is InChI=1S/C22H25N3O3/c1-15(2)28-20-11-9-17(10-12-20)22(27)24-23-16(3)18-6-4-7-19(14-18)25-13-5-8-21(25)26/h4,6-7,9-12,14-15H,5,8,13H2,1-3H3,(H,24,27)/b23-16-. The van der Waals surface area contributed by atoms with Crippen LogP contribution in [0, 0.1) is 0 Å². The van der Waals surface area contributed by atoms with E-state index in [2.05, 4.69) is 10.5 Å². The zero-order valence-electron chi connectivity index (χ0n) is 16.4. The van der Waals surface area contributed by atoms with Crippen molar-refractivity contribution in [2.75, 3.05) is 11.4 Å². The first kappa shape index (κ1) is 19.6. The fourth-order valence-electron chi connectivity index (χ4n) is 3.04. The van der Waals surface area contributed by atoms with Gasteiger partial charge in [0.05, 0.1) is 11.8 Å². The SMILES string of the molecule is C/C(=N/NC(=O)c1ccc(OC(C)C)cc1)c1cccc(N2CCCC2=O)c1. The lowest BCUT2D eigenvalue weighted by molar-refractivity contribution is -0.117. The van der Waals surface area contributed by atoms with E-state index in [1.54, 1.807) is 29.2 Å². The smallest absolute Gasteiger partial charge is 0.271 e. The Labute approximate surface area is 165 Å². The third-order valence-electron chi connectivity index (χ3n) is 4.46. The fraction of sp³-hybridized carbons (Fsp3) is 0.318. The number of anilines is 1. The van der Waals surface area contributed by atoms with Crippen LogP contribution in [0.3, 0.4) is 0 Å². The summed E-state index contributed by atoms with van der Waals surface area (Å²) < 4.78 is 5.58. The monoisotopic (exact) mass is 379 g/mol. The second-order valence-corrected chi connectivity index (χ2v) is 7.03. The molecule has 0 bridgehead atoms. The largest absolute Gasteiger partial charge is 0.491 e. The molecule has 1 fully saturated rings. The van der Waals surface area contributed by atoms with Gasteiger partial charge in [0.2, 0.25) is 5.91 Å². The highest BCUT2D eigenvalue weighted by Crippen LogP contribution is 2.22. The lowest BCUT2D eigenvalue weighted by atomic mass is 10.1. The highest BCUT2D eigenvalue weighted by molar-refractivity contribution is 6.02. The van der Waals surface area contributed by atoms with Crippen molar-refractivity contribution < 1.29 is 14.3 Å². The van der Waals surface area contributed by atoms with E-state index < -0.39 is 0 Å². The molecule has 0 atom stereocenters. The quantitative estimate of drug-likeness (QED) is 0.614. The van der Waals surface area contributed by atoms with Crippen molar-refractivity contribution in [1.82, 2.24) is 5.43 Å². The molecular weight excluding hydrogens is 354 g/mol. The summed E-state index contributed by atoms with van der Waals surface area (Å²) in [5.74, 6) is 0.575. The third-order valence-corrected chi connectivity index (χ3v) is 4.46. The second-order valence-electron chi connectivity index (χ2n) is 7.03. The number of amides is 2. The molecule has 1 aliphatic heterocycles. The zero-order chi connectivity index (χ0) is 20.1. The van der Waals surface area contributed by atoms with Crippen LogP contribution in [0.2, 0.25) is 0 Å². The Hall–Kier alpha value is -3.15. The van der Waals surface area contributed by atoms with Gasteiger partial charge in [0.15, 0.2) is 0 Å². The summed E-state index contributed by atoms with van der Waals surface area (Å²) in [5.41, 5.74) is 5.48. The fourth-order valence-corrected chi connectivity index (χ4v) is 3.04. The summed E-state index contributed by atoms with van der Waals surface area (Å²) in [6, 6.07) is 14.6. The molecule has 6 heteroatoms. The van der Waals surface area contributed by atoms with Gasteiger partial charge in [0, 0.05) is 24.2 Å². The number of ether oxygens (including phenoxy) is 1. The van der Waals surface area contributed by atoms with Gasteiger partial charge in [-0.3, -0.25) is 9.59 Å². The number of hydrogen-bond donors (Lipinski definition) is 1. The molecule has 28 heavy (non-hydrogen) atoms. The van der Waals surface area contributed by atoms with Crippen LogP contribution in [-0.2, 0) is 4.79 Å². The van der Waals surface area contributed by atoms with Gasteiger partial charge in [-0.05, 0) is 69.2 Å². The Kier molecular flexibility index (Phi) is 6.09.